The summed E-state index contributed by atoms with van der Waals surface area (Å²) < 4.78 is 38.0. The predicted molar refractivity (Wildman–Crippen MR) is 49.8 cm³/mol. The molecule has 86 valence electrons. The summed E-state index contributed by atoms with van der Waals surface area (Å²) in [6.45, 7) is 1.68. The molecule has 1 aromatic rings. The molecular formula is C10H8F3NO2. The van der Waals surface area contributed by atoms with Crippen molar-refractivity contribution in [1.29, 1.82) is 0 Å². The van der Waals surface area contributed by atoms with Crippen LogP contribution in [-0.4, -0.2) is 17.2 Å². The van der Waals surface area contributed by atoms with Crippen LogP contribution in [0.2, 0.25) is 0 Å². The molecule has 0 fully saturated rings. The van der Waals surface area contributed by atoms with E-state index in [1.54, 1.807) is 6.92 Å². The largest absolute Gasteiger partial charge is 0.430 e. The smallest absolute Gasteiger partial charge is 0.368 e. The fraction of sp³-hybridized carbons (Fsp3) is 0.300. The Labute approximate surface area is 88.9 Å². The summed E-state index contributed by atoms with van der Waals surface area (Å²) in [7, 11) is 0. The molecule has 2 rings (SSSR count). The molecule has 1 aliphatic heterocycles. The van der Waals surface area contributed by atoms with Gasteiger partial charge >= 0.3 is 6.18 Å². The molecule has 0 radical (unpaired) electrons. The number of carbonyl (C=O) groups is 1. The summed E-state index contributed by atoms with van der Waals surface area (Å²) in [5.41, 5.74) is -3.18. The lowest BCUT2D eigenvalue weighted by Gasteiger charge is -2.23. The standard InChI is InChI=1S/C10H8F3NO2/c1-5-2-3-6-7(4-5)14-8(15)9(6,16)10(11,12)13/h2-4,16H,1H3,(H,14,15). The summed E-state index contributed by atoms with van der Waals surface area (Å²) in [4.78, 5) is 11.2. The van der Waals surface area contributed by atoms with E-state index in [-0.39, 0.29) is 5.69 Å². The molecule has 0 spiro atoms. The first-order valence-corrected chi connectivity index (χ1v) is 4.48. The number of hydrogen-bond donors (Lipinski definition) is 2. The van der Waals surface area contributed by atoms with Crippen LogP contribution in [0.1, 0.15) is 11.1 Å². The molecule has 1 atom stereocenters. The van der Waals surface area contributed by atoms with Crippen molar-refractivity contribution < 1.29 is 23.1 Å². The quantitative estimate of drug-likeness (QED) is 0.713. The van der Waals surface area contributed by atoms with Crippen molar-refractivity contribution in [2.24, 2.45) is 0 Å². The molecule has 0 saturated heterocycles. The number of carbonyl (C=O) groups excluding carboxylic acids is 1. The van der Waals surface area contributed by atoms with E-state index in [9.17, 15) is 23.1 Å². The van der Waals surface area contributed by atoms with Gasteiger partial charge in [0.25, 0.3) is 11.5 Å². The lowest BCUT2D eigenvalue weighted by atomic mass is 9.94. The summed E-state index contributed by atoms with van der Waals surface area (Å²) in [5.74, 6) is -1.46. The molecule has 0 aliphatic carbocycles. The van der Waals surface area contributed by atoms with E-state index in [0.29, 0.717) is 5.56 Å². The first kappa shape index (κ1) is 10.9. The Balaban J connectivity index is 2.65. The average molecular weight is 231 g/mol. The van der Waals surface area contributed by atoms with E-state index in [4.69, 9.17) is 0 Å². The topological polar surface area (TPSA) is 49.3 Å². The molecule has 1 unspecified atom stereocenters. The maximum absolute atomic E-state index is 12.7. The maximum atomic E-state index is 12.7. The van der Waals surface area contributed by atoms with E-state index in [1.807, 2.05) is 5.32 Å². The van der Waals surface area contributed by atoms with Crippen molar-refractivity contribution in [3.05, 3.63) is 29.3 Å². The van der Waals surface area contributed by atoms with Gasteiger partial charge in [-0.3, -0.25) is 4.79 Å². The minimum atomic E-state index is -5.03. The van der Waals surface area contributed by atoms with E-state index < -0.39 is 23.2 Å². The number of aryl methyl sites for hydroxylation is 1. The van der Waals surface area contributed by atoms with E-state index in [2.05, 4.69) is 0 Å². The summed E-state index contributed by atoms with van der Waals surface area (Å²) in [6.07, 6.45) is -5.03. The molecule has 3 nitrogen and oxygen atoms in total. The Hall–Kier alpha value is -1.56. The minimum Gasteiger partial charge on any atom is -0.368 e. The number of benzene rings is 1. The molecule has 1 heterocycles. The van der Waals surface area contributed by atoms with Gasteiger partial charge in [-0.25, -0.2) is 0 Å². The van der Waals surface area contributed by atoms with Crippen molar-refractivity contribution in [2.45, 2.75) is 18.7 Å². The third-order valence-electron chi connectivity index (χ3n) is 2.55. The number of hydrogen-bond acceptors (Lipinski definition) is 2. The number of anilines is 1. The number of amides is 1. The molecule has 6 heteroatoms. The molecule has 1 aliphatic rings. The van der Waals surface area contributed by atoms with Crippen LogP contribution in [0, 0.1) is 6.92 Å². The van der Waals surface area contributed by atoms with Gasteiger partial charge in [-0.2, -0.15) is 13.2 Å². The molecule has 1 aromatic carbocycles. The lowest BCUT2D eigenvalue weighted by Crippen LogP contribution is -2.47. The molecular weight excluding hydrogens is 223 g/mol. The average Bonchev–Trinajstić information content (AvgIpc) is 2.38. The third kappa shape index (κ3) is 1.23. The first-order valence-electron chi connectivity index (χ1n) is 4.48. The summed E-state index contributed by atoms with van der Waals surface area (Å²) in [5, 5.41) is 11.5. The Kier molecular flexibility index (Phi) is 2.03. The molecule has 2 N–H and O–H groups in total. The fourth-order valence-corrected chi connectivity index (χ4v) is 1.69. The van der Waals surface area contributed by atoms with Crippen molar-refractivity contribution in [3.63, 3.8) is 0 Å². The zero-order valence-electron chi connectivity index (χ0n) is 8.22. The molecule has 0 saturated carbocycles. The Morgan fingerprint density at radius 3 is 2.56 bits per heavy atom. The highest BCUT2D eigenvalue weighted by molar-refractivity contribution is 6.05. The van der Waals surface area contributed by atoms with Gasteiger partial charge in [0.1, 0.15) is 0 Å². The number of nitrogens with one attached hydrogen (secondary N) is 1. The zero-order valence-corrected chi connectivity index (χ0v) is 8.22. The van der Waals surface area contributed by atoms with Crippen LogP contribution in [0.4, 0.5) is 18.9 Å². The predicted octanol–water partition coefficient (Wildman–Crippen LogP) is 1.70. The number of fused-ring (bicyclic) bond motifs is 1. The summed E-state index contributed by atoms with van der Waals surface area (Å²) in [6, 6.07) is 3.91. The van der Waals surface area contributed by atoms with Crippen LogP contribution >= 0.6 is 0 Å². The Morgan fingerprint density at radius 2 is 2.00 bits per heavy atom. The highest BCUT2D eigenvalue weighted by atomic mass is 19.4. The van der Waals surface area contributed by atoms with Gasteiger partial charge < -0.3 is 10.4 Å². The third-order valence-corrected chi connectivity index (χ3v) is 2.55. The first-order chi connectivity index (χ1) is 7.26. The molecule has 1 amide bonds. The van der Waals surface area contributed by atoms with Crippen molar-refractivity contribution >= 4 is 11.6 Å². The van der Waals surface area contributed by atoms with E-state index in [1.165, 1.54) is 12.1 Å². The van der Waals surface area contributed by atoms with Gasteiger partial charge in [0.05, 0.1) is 0 Å². The van der Waals surface area contributed by atoms with Crippen LogP contribution in [0.5, 0.6) is 0 Å². The van der Waals surface area contributed by atoms with E-state index in [0.717, 1.165) is 6.07 Å². The van der Waals surface area contributed by atoms with Crippen LogP contribution in [-0.2, 0) is 10.4 Å². The number of rotatable bonds is 0. The number of aliphatic hydroxyl groups is 1. The monoisotopic (exact) mass is 231 g/mol. The summed E-state index contributed by atoms with van der Waals surface area (Å²) >= 11 is 0. The van der Waals surface area contributed by atoms with Crippen LogP contribution in [0.15, 0.2) is 18.2 Å². The van der Waals surface area contributed by atoms with Gasteiger partial charge in [-0.15, -0.1) is 0 Å². The minimum absolute atomic E-state index is 0.00447. The second-order valence-corrected chi connectivity index (χ2v) is 3.71. The van der Waals surface area contributed by atoms with Gasteiger partial charge in [0, 0.05) is 11.3 Å². The highest BCUT2D eigenvalue weighted by Crippen LogP contribution is 2.46. The van der Waals surface area contributed by atoms with Gasteiger partial charge in [0.15, 0.2) is 0 Å². The molecule has 0 bridgehead atoms. The molecule has 16 heavy (non-hydrogen) atoms. The second-order valence-electron chi connectivity index (χ2n) is 3.71. The van der Waals surface area contributed by atoms with Gasteiger partial charge in [-0.1, -0.05) is 12.1 Å². The highest BCUT2D eigenvalue weighted by Gasteiger charge is 2.64. The van der Waals surface area contributed by atoms with Crippen LogP contribution in [0.25, 0.3) is 0 Å². The zero-order chi connectivity index (χ0) is 12.1. The normalized spacial score (nSPS) is 24.2. The molecule has 0 aromatic heterocycles. The van der Waals surface area contributed by atoms with Gasteiger partial charge in [0.2, 0.25) is 0 Å². The van der Waals surface area contributed by atoms with Crippen molar-refractivity contribution in [3.8, 4) is 0 Å². The number of alkyl halides is 3. The Bertz CT molecular complexity index is 470. The van der Waals surface area contributed by atoms with E-state index >= 15 is 0 Å². The second kappa shape index (κ2) is 2.98. The fourth-order valence-electron chi connectivity index (χ4n) is 1.69. The maximum Gasteiger partial charge on any atom is 0.430 e. The van der Waals surface area contributed by atoms with Crippen LogP contribution < -0.4 is 5.32 Å². The Morgan fingerprint density at radius 1 is 1.38 bits per heavy atom. The van der Waals surface area contributed by atoms with Crippen molar-refractivity contribution in [2.75, 3.05) is 5.32 Å². The van der Waals surface area contributed by atoms with Crippen LogP contribution in [0.3, 0.4) is 0 Å². The van der Waals surface area contributed by atoms with Crippen molar-refractivity contribution in [1.82, 2.24) is 0 Å². The number of halogens is 3. The van der Waals surface area contributed by atoms with Gasteiger partial charge in [-0.05, 0) is 18.6 Å². The lowest BCUT2D eigenvalue weighted by molar-refractivity contribution is -0.252. The SMILES string of the molecule is Cc1ccc2c(c1)NC(=O)C2(O)C(F)(F)F.